The SMILES string of the molecule is CCn1c(C(=O)N2CCN(C(=O)c3ccc(OC)cc3)[C@H](C)C2)cc2ccsc21. The number of piperazine rings is 1. The van der Waals surface area contributed by atoms with Crippen molar-refractivity contribution in [1.82, 2.24) is 14.4 Å². The molecule has 1 aliphatic rings. The molecule has 4 rings (SSSR count). The first-order chi connectivity index (χ1) is 14.0. The molecule has 1 aliphatic heterocycles. The number of thiophene rings is 1. The molecule has 152 valence electrons. The van der Waals surface area contributed by atoms with Crippen molar-refractivity contribution < 1.29 is 14.3 Å². The highest BCUT2D eigenvalue weighted by molar-refractivity contribution is 7.16. The second-order valence-electron chi connectivity index (χ2n) is 7.28. The molecule has 0 N–H and O–H groups in total. The number of carbonyl (C=O) groups excluding carboxylic acids is 2. The Balaban J connectivity index is 1.48. The van der Waals surface area contributed by atoms with Crippen molar-refractivity contribution in [1.29, 1.82) is 0 Å². The maximum atomic E-state index is 13.2. The molecule has 7 heteroatoms. The number of methoxy groups -OCH3 is 1. The zero-order valence-corrected chi connectivity index (χ0v) is 17.7. The number of nitrogens with zero attached hydrogens (tertiary/aromatic N) is 3. The van der Waals surface area contributed by atoms with E-state index in [4.69, 9.17) is 4.74 Å². The minimum atomic E-state index is -0.0477. The largest absolute Gasteiger partial charge is 0.497 e. The van der Waals surface area contributed by atoms with Crippen LogP contribution in [0.3, 0.4) is 0 Å². The van der Waals surface area contributed by atoms with Crippen molar-refractivity contribution >= 4 is 33.4 Å². The van der Waals surface area contributed by atoms with E-state index in [9.17, 15) is 9.59 Å². The van der Waals surface area contributed by atoms with Crippen molar-refractivity contribution in [2.24, 2.45) is 0 Å². The second-order valence-corrected chi connectivity index (χ2v) is 8.18. The number of carbonyl (C=O) groups is 2. The molecule has 3 aromatic rings. The Morgan fingerprint density at radius 1 is 1.14 bits per heavy atom. The quantitative estimate of drug-likeness (QED) is 0.658. The molecule has 1 fully saturated rings. The molecule has 1 aromatic carbocycles. The molecule has 1 atom stereocenters. The van der Waals surface area contributed by atoms with Crippen LogP contribution in [0.15, 0.2) is 41.8 Å². The van der Waals surface area contributed by atoms with Crippen molar-refractivity contribution in [2.45, 2.75) is 26.4 Å². The van der Waals surface area contributed by atoms with Gasteiger partial charge in [-0.05, 0) is 55.6 Å². The summed E-state index contributed by atoms with van der Waals surface area (Å²) in [6, 6.07) is 11.1. The van der Waals surface area contributed by atoms with Crippen LogP contribution in [0.2, 0.25) is 0 Å². The average molecular weight is 412 g/mol. The summed E-state index contributed by atoms with van der Waals surface area (Å²) in [6.45, 7) is 6.41. The fourth-order valence-corrected chi connectivity index (χ4v) is 4.93. The normalized spacial score (nSPS) is 17.0. The lowest BCUT2D eigenvalue weighted by molar-refractivity contribution is 0.0409. The first-order valence-electron chi connectivity index (χ1n) is 9.84. The van der Waals surface area contributed by atoms with Gasteiger partial charge in [-0.15, -0.1) is 11.3 Å². The highest BCUT2D eigenvalue weighted by Gasteiger charge is 2.32. The van der Waals surface area contributed by atoms with Crippen molar-refractivity contribution in [3.8, 4) is 5.75 Å². The van der Waals surface area contributed by atoms with E-state index >= 15 is 0 Å². The summed E-state index contributed by atoms with van der Waals surface area (Å²) in [5, 5.41) is 3.16. The summed E-state index contributed by atoms with van der Waals surface area (Å²) in [5.74, 6) is 0.757. The summed E-state index contributed by atoms with van der Waals surface area (Å²) in [7, 11) is 1.60. The number of aromatic nitrogens is 1. The lowest BCUT2D eigenvalue weighted by Gasteiger charge is -2.40. The maximum absolute atomic E-state index is 13.2. The van der Waals surface area contributed by atoms with Crippen LogP contribution in [0, 0.1) is 0 Å². The molecule has 6 nitrogen and oxygen atoms in total. The minimum Gasteiger partial charge on any atom is -0.497 e. The van der Waals surface area contributed by atoms with E-state index in [0.717, 1.165) is 28.2 Å². The molecule has 0 saturated carbocycles. The smallest absolute Gasteiger partial charge is 0.270 e. The number of hydrogen-bond acceptors (Lipinski definition) is 4. The van der Waals surface area contributed by atoms with Gasteiger partial charge in [0.2, 0.25) is 0 Å². The molecule has 1 saturated heterocycles. The Kier molecular flexibility index (Phi) is 5.32. The third-order valence-electron chi connectivity index (χ3n) is 5.55. The first kappa shape index (κ1) is 19.5. The number of ether oxygens (including phenoxy) is 1. The number of fused-ring (bicyclic) bond motifs is 1. The van der Waals surface area contributed by atoms with E-state index in [1.807, 2.05) is 22.8 Å². The van der Waals surface area contributed by atoms with Crippen LogP contribution in [0.5, 0.6) is 5.75 Å². The molecule has 0 unspecified atom stereocenters. The van der Waals surface area contributed by atoms with Gasteiger partial charge in [-0.25, -0.2) is 0 Å². The maximum Gasteiger partial charge on any atom is 0.270 e. The van der Waals surface area contributed by atoms with Crippen LogP contribution in [-0.4, -0.2) is 59.0 Å². The van der Waals surface area contributed by atoms with E-state index < -0.39 is 0 Å². The molecule has 0 bridgehead atoms. The second kappa shape index (κ2) is 7.91. The van der Waals surface area contributed by atoms with E-state index in [2.05, 4.69) is 22.9 Å². The molecule has 2 amide bonds. The standard InChI is InChI=1S/C22H25N3O3S/c1-4-24-19(13-17-9-12-29-22(17)24)21(27)23-10-11-25(15(2)14-23)20(26)16-5-7-18(28-3)8-6-16/h5-9,12-13,15H,4,10-11,14H2,1-3H3/t15-/m1/s1. The fraction of sp³-hybridized carbons (Fsp3) is 0.364. The molecule has 0 aliphatic carbocycles. The topological polar surface area (TPSA) is 54.8 Å². The first-order valence-corrected chi connectivity index (χ1v) is 10.7. The summed E-state index contributed by atoms with van der Waals surface area (Å²) < 4.78 is 7.25. The van der Waals surface area contributed by atoms with Crippen LogP contribution < -0.4 is 4.74 Å². The Morgan fingerprint density at radius 3 is 2.55 bits per heavy atom. The van der Waals surface area contributed by atoms with Crippen molar-refractivity contribution in [3.63, 3.8) is 0 Å². The van der Waals surface area contributed by atoms with Gasteiger partial charge in [0.05, 0.1) is 7.11 Å². The number of benzene rings is 1. The van der Waals surface area contributed by atoms with E-state index in [1.54, 1.807) is 42.7 Å². The van der Waals surface area contributed by atoms with Gasteiger partial charge in [0.1, 0.15) is 16.3 Å². The molecule has 0 spiro atoms. The van der Waals surface area contributed by atoms with Gasteiger partial charge in [0, 0.05) is 43.2 Å². The molecular weight excluding hydrogens is 386 g/mol. The van der Waals surface area contributed by atoms with Crippen LogP contribution in [0.25, 0.3) is 10.2 Å². The van der Waals surface area contributed by atoms with E-state index in [-0.39, 0.29) is 17.9 Å². The van der Waals surface area contributed by atoms with Crippen LogP contribution in [-0.2, 0) is 6.54 Å². The summed E-state index contributed by atoms with van der Waals surface area (Å²) in [5.41, 5.74) is 1.37. The highest BCUT2D eigenvalue weighted by Crippen LogP contribution is 2.27. The number of rotatable bonds is 4. The summed E-state index contributed by atoms with van der Waals surface area (Å²) >= 11 is 1.66. The molecule has 3 heterocycles. The average Bonchev–Trinajstić information content (AvgIpc) is 3.33. The number of amides is 2. The molecule has 2 aromatic heterocycles. The lowest BCUT2D eigenvalue weighted by atomic mass is 10.1. The van der Waals surface area contributed by atoms with Crippen molar-refractivity contribution in [2.75, 3.05) is 26.7 Å². The predicted molar refractivity (Wildman–Crippen MR) is 115 cm³/mol. The van der Waals surface area contributed by atoms with Gasteiger partial charge in [-0.2, -0.15) is 0 Å². The monoisotopic (exact) mass is 411 g/mol. The Labute approximate surface area is 174 Å². The van der Waals surface area contributed by atoms with Crippen LogP contribution in [0.4, 0.5) is 0 Å². The van der Waals surface area contributed by atoms with Crippen LogP contribution >= 0.6 is 11.3 Å². The number of hydrogen-bond donors (Lipinski definition) is 0. The summed E-state index contributed by atoms with van der Waals surface area (Å²) in [6.07, 6.45) is 0. The van der Waals surface area contributed by atoms with Gasteiger partial charge in [-0.1, -0.05) is 0 Å². The highest BCUT2D eigenvalue weighted by atomic mass is 32.1. The molecule has 29 heavy (non-hydrogen) atoms. The van der Waals surface area contributed by atoms with Gasteiger partial charge in [0.15, 0.2) is 0 Å². The fourth-order valence-electron chi connectivity index (χ4n) is 3.97. The lowest BCUT2D eigenvalue weighted by Crippen LogP contribution is -2.55. The summed E-state index contributed by atoms with van der Waals surface area (Å²) in [4.78, 5) is 31.0. The van der Waals surface area contributed by atoms with Gasteiger partial charge < -0.3 is 19.1 Å². The van der Waals surface area contributed by atoms with Gasteiger partial charge in [-0.3, -0.25) is 9.59 Å². The zero-order chi connectivity index (χ0) is 20.5. The van der Waals surface area contributed by atoms with Crippen molar-refractivity contribution in [3.05, 3.63) is 53.0 Å². The third-order valence-corrected chi connectivity index (χ3v) is 6.50. The Bertz CT molecular complexity index is 1040. The predicted octanol–water partition coefficient (Wildman–Crippen LogP) is 3.72. The van der Waals surface area contributed by atoms with Gasteiger partial charge >= 0.3 is 0 Å². The van der Waals surface area contributed by atoms with E-state index in [0.29, 0.717) is 25.2 Å². The minimum absolute atomic E-state index is 0.00954. The number of aryl methyl sites for hydroxylation is 1. The zero-order valence-electron chi connectivity index (χ0n) is 16.9. The Hall–Kier alpha value is -2.80. The Morgan fingerprint density at radius 2 is 1.90 bits per heavy atom. The third kappa shape index (κ3) is 3.51. The van der Waals surface area contributed by atoms with E-state index in [1.165, 1.54) is 0 Å². The molecular formula is C22H25N3O3S. The molecule has 0 radical (unpaired) electrons. The van der Waals surface area contributed by atoms with Crippen LogP contribution in [0.1, 0.15) is 34.7 Å². The van der Waals surface area contributed by atoms with Gasteiger partial charge in [0.25, 0.3) is 11.8 Å².